The molecule has 4 heteroatoms. The van der Waals surface area contributed by atoms with Crippen LogP contribution in [0.4, 0.5) is 0 Å². The van der Waals surface area contributed by atoms with Crippen molar-refractivity contribution in [3.05, 3.63) is 53.6 Å². The van der Waals surface area contributed by atoms with Gasteiger partial charge in [-0.05, 0) is 34.4 Å². The number of hydrogen-bond donors (Lipinski definition) is 0. The van der Waals surface area contributed by atoms with Crippen LogP contribution in [0.2, 0.25) is 0 Å². The van der Waals surface area contributed by atoms with E-state index in [0.29, 0.717) is 12.8 Å². The van der Waals surface area contributed by atoms with Crippen LogP contribution in [0.15, 0.2) is 42.5 Å². The maximum absolute atomic E-state index is 11.4. The van der Waals surface area contributed by atoms with Gasteiger partial charge >= 0.3 is 11.9 Å². The van der Waals surface area contributed by atoms with Gasteiger partial charge in [-0.25, -0.2) is 4.79 Å². The Morgan fingerprint density at radius 3 is 2.55 bits per heavy atom. The van der Waals surface area contributed by atoms with Crippen LogP contribution in [-0.2, 0) is 25.5 Å². The van der Waals surface area contributed by atoms with Crippen LogP contribution in [0.3, 0.4) is 0 Å². The molecule has 0 aliphatic heterocycles. The number of carbonyl (C=O) groups is 2. The molecule has 0 aliphatic carbocycles. The normalized spacial score (nSPS) is 10.8. The van der Waals surface area contributed by atoms with Crippen molar-refractivity contribution in [1.29, 1.82) is 0 Å². The molecule has 0 saturated carbocycles. The van der Waals surface area contributed by atoms with Crippen molar-refractivity contribution >= 4 is 28.8 Å². The number of fused-ring (bicyclic) bond motifs is 1. The van der Waals surface area contributed by atoms with Gasteiger partial charge in [0.15, 0.2) is 0 Å². The highest BCUT2D eigenvalue weighted by Gasteiger charge is 2.09. The van der Waals surface area contributed by atoms with Crippen molar-refractivity contribution in [3.63, 3.8) is 0 Å². The van der Waals surface area contributed by atoms with Crippen molar-refractivity contribution in [2.45, 2.75) is 12.8 Å². The summed E-state index contributed by atoms with van der Waals surface area (Å²) in [6.45, 7) is 0. The molecule has 22 heavy (non-hydrogen) atoms. The fourth-order valence-electron chi connectivity index (χ4n) is 2.34. The third kappa shape index (κ3) is 3.73. The zero-order chi connectivity index (χ0) is 15.9. The van der Waals surface area contributed by atoms with Crippen molar-refractivity contribution in [2.24, 2.45) is 0 Å². The lowest BCUT2D eigenvalue weighted by atomic mass is 9.95. The predicted molar refractivity (Wildman–Crippen MR) is 85.3 cm³/mol. The first-order chi connectivity index (χ1) is 10.7. The molecular formula is C18H18O4. The Morgan fingerprint density at radius 1 is 1.05 bits per heavy atom. The molecule has 2 aromatic rings. The van der Waals surface area contributed by atoms with Crippen LogP contribution in [-0.4, -0.2) is 26.2 Å². The lowest BCUT2D eigenvalue weighted by Crippen LogP contribution is -2.03. The second-order valence-electron chi connectivity index (χ2n) is 4.79. The predicted octanol–water partition coefficient (Wildman–Crippen LogP) is 3.13. The van der Waals surface area contributed by atoms with Gasteiger partial charge in [-0.2, -0.15) is 0 Å². The summed E-state index contributed by atoms with van der Waals surface area (Å²) in [6, 6.07) is 11.9. The highest BCUT2D eigenvalue weighted by molar-refractivity contribution is 5.92. The van der Waals surface area contributed by atoms with E-state index in [0.717, 1.165) is 21.9 Å². The quantitative estimate of drug-likeness (QED) is 0.628. The molecule has 0 fully saturated rings. The number of carbonyl (C=O) groups excluding carboxylic acids is 2. The van der Waals surface area contributed by atoms with E-state index in [-0.39, 0.29) is 5.97 Å². The Balaban J connectivity index is 2.43. The second kappa shape index (κ2) is 7.41. The first-order valence-electron chi connectivity index (χ1n) is 6.99. The molecule has 4 nitrogen and oxygen atoms in total. The highest BCUT2D eigenvalue weighted by atomic mass is 16.5. The molecule has 0 saturated heterocycles. The van der Waals surface area contributed by atoms with Crippen LogP contribution < -0.4 is 0 Å². The first-order valence-corrected chi connectivity index (χ1v) is 6.99. The van der Waals surface area contributed by atoms with Gasteiger partial charge in [0.2, 0.25) is 0 Å². The fourth-order valence-corrected chi connectivity index (χ4v) is 2.34. The summed E-state index contributed by atoms with van der Waals surface area (Å²) in [5, 5.41) is 2.16. The van der Waals surface area contributed by atoms with Gasteiger partial charge in [0, 0.05) is 12.5 Å². The number of esters is 2. The molecule has 0 N–H and O–H groups in total. The van der Waals surface area contributed by atoms with Gasteiger partial charge in [-0.3, -0.25) is 4.79 Å². The third-order valence-corrected chi connectivity index (χ3v) is 3.48. The summed E-state index contributed by atoms with van der Waals surface area (Å²) < 4.78 is 9.32. The fraction of sp³-hybridized carbons (Fsp3) is 0.222. The largest absolute Gasteiger partial charge is 0.469 e. The van der Waals surface area contributed by atoms with Crippen molar-refractivity contribution < 1.29 is 19.1 Å². The lowest BCUT2D eigenvalue weighted by Gasteiger charge is -2.10. The second-order valence-corrected chi connectivity index (χ2v) is 4.79. The van der Waals surface area contributed by atoms with Crippen LogP contribution in [0.25, 0.3) is 16.8 Å². The van der Waals surface area contributed by atoms with Crippen molar-refractivity contribution in [1.82, 2.24) is 0 Å². The molecule has 2 aromatic carbocycles. The summed E-state index contributed by atoms with van der Waals surface area (Å²) in [5.74, 6) is -0.664. The van der Waals surface area contributed by atoms with E-state index in [1.165, 1.54) is 20.3 Å². The van der Waals surface area contributed by atoms with Crippen molar-refractivity contribution in [2.75, 3.05) is 14.2 Å². The van der Waals surface area contributed by atoms with Gasteiger partial charge in [0.25, 0.3) is 0 Å². The highest BCUT2D eigenvalue weighted by Crippen LogP contribution is 2.25. The standard InChI is InChI=1S/C18H18O4/c1-21-17(19)11-9-14-8-7-13-5-3-4-6-15(13)16(14)10-12-18(20)22-2/h3-9,11H,10,12H2,1-2H3/b11-9+. The van der Waals surface area contributed by atoms with Gasteiger partial charge in [-0.1, -0.05) is 36.4 Å². The van der Waals surface area contributed by atoms with Crippen molar-refractivity contribution in [3.8, 4) is 0 Å². The Labute approximate surface area is 129 Å². The summed E-state index contributed by atoms with van der Waals surface area (Å²) >= 11 is 0. The van der Waals surface area contributed by atoms with Crippen LogP contribution in [0, 0.1) is 0 Å². The SMILES string of the molecule is COC(=O)/C=C/c1ccc2ccccc2c1CCC(=O)OC. The molecule has 2 rings (SSSR count). The summed E-state index contributed by atoms with van der Waals surface area (Å²) in [6.07, 6.45) is 3.94. The number of hydrogen-bond acceptors (Lipinski definition) is 4. The maximum Gasteiger partial charge on any atom is 0.330 e. The summed E-state index contributed by atoms with van der Waals surface area (Å²) in [5.41, 5.74) is 1.91. The van der Waals surface area contributed by atoms with E-state index in [9.17, 15) is 9.59 Å². The number of aryl methyl sites for hydroxylation is 1. The minimum absolute atomic E-state index is 0.254. The Hall–Kier alpha value is -2.62. The summed E-state index contributed by atoms with van der Waals surface area (Å²) in [7, 11) is 2.72. The number of rotatable bonds is 5. The van der Waals surface area contributed by atoms with Gasteiger partial charge in [-0.15, -0.1) is 0 Å². The monoisotopic (exact) mass is 298 g/mol. The molecule has 0 heterocycles. The molecule has 0 radical (unpaired) electrons. The lowest BCUT2D eigenvalue weighted by molar-refractivity contribution is -0.140. The van der Waals surface area contributed by atoms with E-state index in [4.69, 9.17) is 4.74 Å². The maximum atomic E-state index is 11.4. The molecule has 0 atom stereocenters. The van der Waals surface area contributed by atoms with E-state index in [1.807, 2.05) is 36.4 Å². The minimum Gasteiger partial charge on any atom is -0.469 e. The molecule has 0 amide bonds. The number of benzene rings is 2. The minimum atomic E-state index is -0.410. The zero-order valence-corrected chi connectivity index (χ0v) is 12.7. The number of methoxy groups -OCH3 is 2. The van der Waals surface area contributed by atoms with Gasteiger partial charge in [0.05, 0.1) is 14.2 Å². The van der Waals surface area contributed by atoms with Gasteiger partial charge in [0.1, 0.15) is 0 Å². The topological polar surface area (TPSA) is 52.6 Å². The first kappa shape index (κ1) is 15.8. The Morgan fingerprint density at radius 2 is 1.82 bits per heavy atom. The molecule has 0 unspecified atom stereocenters. The smallest absolute Gasteiger partial charge is 0.330 e. The molecule has 0 bridgehead atoms. The Bertz CT molecular complexity index is 716. The molecule has 0 aromatic heterocycles. The molecule has 0 aliphatic rings. The molecule has 114 valence electrons. The van der Waals surface area contributed by atoms with Crippen LogP contribution >= 0.6 is 0 Å². The zero-order valence-electron chi connectivity index (χ0n) is 12.7. The average Bonchev–Trinajstić information content (AvgIpc) is 2.57. The Kier molecular flexibility index (Phi) is 5.31. The number of ether oxygens (including phenoxy) is 2. The molecular weight excluding hydrogens is 280 g/mol. The van der Waals surface area contributed by atoms with Crippen LogP contribution in [0.1, 0.15) is 17.5 Å². The van der Waals surface area contributed by atoms with E-state index in [1.54, 1.807) is 6.08 Å². The van der Waals surface area contributed by atoms with Crippen LogP contribution in [0.5, 0.6) is 0 Å². The van der Waals surface area contributed by atoms with E-state index < -0.39 is 5.97 Å². The molecule has 0 spiro atoms. The van der Waals surface area contributed by atoms with E-state index >= 15 is 0 Å². The van der Waals surface area contributed by atoms with Gasteiger partial charge < -0.3 is 9.47 Å². The van der Waals surface area contributed by atoms with E-state index in [2.05, 4.69) is 4.74 Å². The third-order valence-electron chi connectivity index (χ3n) is 3.48. The average molecular weight is 298 g/mol. The summed E-state index contributed by atoms with van der Waals surface area (Å²) in [4.78, 5) is 22.7.